The molecule has 0 saturated heterocycles. The molecular weight excluding hydrogens is 287 g/mol. The number of carbonyl (C=O) groups excluding carboxylic acids is 1. The van der Waals surface area contributed by atoms with E-state index in [4.69, 9.17) is 10.5 Å². The highest BCUT2D eigenvalue weighted by Gasteiger charge is 2.13. The first-order valence-electron chi connectivity index (χ1n) is 6.77. The van der Waals surface area contributed by atoms with Crippen molar-refractivity contribution < 1.29 is 13.9 Å². The van der Waals surface area contributed by atoms with Gasteiger partial charge in [-0.05, 0) is 18.6 Å². The van der Waals surface area contributed by atoms with E-state index in [0.717, 1.165) is 0 Å². The lowest BCUT2D eigenvalue weighted by molar-refractivity contribution is 0.0949. The van der Waals surface area contributed by atoms with E-state index in [9.17, 15) is 9.18 Å². The standard InChI is InChI=1S/C15H17FN4O2/c1-22-7-3-6-18-15(21)12-9-19-14(20-13(12)17)10-4-2-5-11(16)8-10/h2,4-5,8-9H,3,6-7H2,1H3,(H,18,21)(H2,17,19,20). The molecule has 1 aromatic heterocycles. The number of nitrogen functional groups attached to an aromatic ring is 1. The van der Waals surface area contributed by atoms with E-state index in [2.05, 4.69) is 15.3 Å². The molecule has 3 N–H and O–H groups in total. The molecule has 0 fully saturated rings. The Labute approximate surface area is 127 Å². The predicted molar refractivity (Wildman–Crippen MR) is 80.7 cm³/mol. The Morgan fingerprint density at radius 2 is 2.27 bits per heavy atom. The maximum atomic E-state index is 13.2. The molecule has 1 aromatic carbocycles. The number of ether oxygens (including phenoxy) is 1. The largest absolute Gasteiger partial charge is 0.385 e. The van der Waals surface area contributed by atoms with Crippen LogP contribution in [-0.2, 0) is 4.74 Å². The first-order valence-corrected chi connectivity index (χ1v) is 6.77. The van der Waals surface area contributed by atoms with Crippen LogP contribution in [-0.4, -0.2) is 36.1 Å². The van der Waals surface area contributed by atoms with E-state index in [-0.39, 0.29) is 28.9 Å². The van der Waals surface area contributed by atoms with Crippen LogP contribution in [0.1, 0.15) is 16.8 Å². The number of rotatable bonds is 6. The predicted octanol–water partition coefficient (Wildman–Crippen LogP) is 1.63. The summed E-state index contributed by atoms with van der Waals surface area (Å²) in [5, 5.41) is 2.70. The van der Waals surface area contributed by atoms with Crippen LogP contribution in [0.25, 0.3) is 11.4 Å². The highest BCUT2D eigenvalue weighted by atomic mass is 19.1. The minimum Gasteiger partial charge on any atom is -0.385 e. The molecule has 1 amide bonds. The summed E-state index contributed by atoms with van der Waals surface area (Å²) in [5.41, 5.74) is 6.49. The van der Waals surface area contributed by atoms with E-state index in [0.29, 0.717) is 25.1 Å². The Balaban J connectivity index is 2.11. The van der Waals surface area contributed by atoms with Crippen molar-refractivity contribution in [1.29, 1.82) is 0 Å². The van der Waals surface area contributed by atoms with Gasteiger partial charge in [0.15, 0.2) is 5.82 Å². The molecular formula is C15H17FN4O2. The fourth-order valence-electron chi connectivity index (χ4n) is 1.85. The van der Waals surface area contributed by atoms with Crippen LogP contribution in [0, 0.1) is 5.82 Å². The number of amides is 1. The summed E-state index contributed by atoms with van der Waals surface area (Å²) in [5.74, 6) is -0.412. The number of hydrogen-bond acceptors (Lipinski definition) is 5. The van der Waals surface area contributed by atoms with Gasteiger partial charge in [0.1, 0.15) is 11.6 Å². The van der Waals surface area contributed by atoms with E-state index in [1.165, 1.54) is 18.3 Å². The van der Waals surface area contributed by atoms with Crippen molar-refractivity contribution >= 4 is 11.7 Å². The maximum absolute atomic E-state index is 13.2. The number of anilines is 1. The molecule has 0 aliphatic heterocycles. The fourth-order valence-corrected chi connectivity index (χ4v) is 1.85. The molecule has 0 unspecified atom stereocenters. The Morgan fingerprint density at radius 3 is 2.95 bits per heavy atom. The number of methoxy groups -OCH3 is 1. The van der Waals surface area contributed by atoms with Crippen LogP contribution in [0.3, 0.4) is 0 Å². The molecule has 0 radical (unpaired) electrons. The van der Waals surface area contributed by atoms with Crippen LogP contribution in [0.5, 0.6) is 0 Å². The van der Waals surface area contributed by atoms with Gasteiger partial charge in [-0.2, -0.15) is 0 Å². The van der Waals surface area contributed by atoms with Gasteiger partial charge < -0.3 is 15.8 Å². The normalized spacial score (nSPS) is 10.5. The second-order valence-electron chi connectivity index (χ2n) is 4.61. The highest BCUT2D eigenvalue weighted by Crippen LogP contribution is 2.18. The summed E-state index contributed by atoms with van der Waals surface area (Å²) < 4.78 is 18.1. The average Bonchev–Trinajstić information content (AvgIpc) is 2.51. The van der Waals surface area contributed by atoms with Crippen molar-refractivity contribution in [3.05, 3.63) is 41.8 Å². The van der Waals surface area contributed by atoms with Crippen molar-refractivity contribution in [3.8, 4) is 11.4 Å². The van der Waals surface area contributed by atoms with Crippen LogP contribution in [0.4, 0.5) is 10.2 Å². The van der Waals surface area contributed by atoms with Gasteiger partial charge in [-0.25, -0.2) is 14.4 Å². The third-order valence-electron chi connectivity index (χ3n) is 2.96. The van der Waals surface area contributed by atoms with Crippen LogP contribution in [0.15, 0.2) is 30.5 Å². The van der Waals surface area contributed by atoms with Gasteiger partial charge in [-0.3, -0.25) is 4.79 Å². The number of benzene rings is 1. The third kappa shape index (κ3) is 3.98. The molecule has 2 aromatic rings. The summed E-state index contributed by atoms with van der Waals surface area (Å²) in [6.07, 6.45) is 2.04. The van der Waals surface area contributed by atoms with Crippen LogP contribution in [0.2, 0.25) is 0 Å². The molecule has 0 aliphatic carbocycles. The summed E-state index contributed by atoms with van der Waals surface area (Å²) in [6, 6.07) is 5.86. The van der Waals surface area contributed by atoms with Gasteiger partial charge in [0.2, 0.25) is 0 Å². The first kappa shape index (κ1) is 15.8. The van der Waals surface area contributed by atoms with Crippen molar-refractivity contribution in [2.75, 3.05) is 26.0 Å². The summed E-state index contributed by atoms with van der Waals surface area (Å²) >= 11 is 0. The number of halogens is 1. The van der Waals surface area contributed by atoms with E-state index in [1.807, 2.05) is 0 Å². The van der Waals surface area contributed by atoms with Crippen molar-refractivity contribution in [2.45, 2.75) is 6.42 Å². The Bertz CT molecular complexity index is 664. The molecule has 1 heterocycles. The van der Waals surface area contributed by atoms with Crippen LogP contribution < -0.4 is 11.1 Å². The van der Waals surface area contributed by atoms with E-state index in [1.54, 1.807) is 19.2 Å². The number of nitrogens with one attached hydrogen (secondary N) is 1. The van der Waals surface area contributed by atoms with E-state index >= 15 is 0 Å². The lowest BCUT2D eigenvalue weighted by Gasteiger charge is -2.08. The molecule has 0 bridgehead atoms. The average molecular weight is 304 g/mol. The number of nitrogens with zero attached hydrogens (tertiary/aromatic N) is 2. The monoisotopic (exact) mass is 304 g/mol. The van der Waals surface area contributed by atoms with Gasteiger partial charge in [0.25, 0.3) is 5.91 Å². The Hall–Kier alpha value is -2.54. The summed E-state index contributed by atoms with van der Waals surface area (Å²) in [7, 11) is 1.60. The van der Waals surface area contributed by atoms with Gasteiger partial charge in [0.05, 0.1) is 5.56 Å². The fraction of sp³-hybridized carbons (Fsp3) is 0.267. The molecule has 0 spiro atoms. The number of carbonyl (C=O) groups is 1. The maximum Gasteiger partial charge on any atom is 0.256 e. The Morgan fingerprint density at radius 1 is 1.45 bits per heavy atom. The highest BCUT2D eigenvalue weighted by molar-refractivity contribution is 5.98. The molecule has 0 aliphatic rings. The van der Waals surface area contributed by atoms with E-state index < -0.39 is 0 Å². The quantitative estimate of drug-likeness (QED) is 0.792. The third-order valence-corrected chi connectivity index (χ3v) is 2.96. The molecule has 0 saturated carbocycles. The second-order valence-corrected chi connectivity index (χ2v) is 4.61. The topological polar surface area (TPSA) is 90.1 Å². The van der Waals surface area contributed by atoms with Gasteiger partial charge in [-0.1, -0.05) is 12.1 Å². The zero-order valence-corrected chi connectivity index (χ0v) is 12.2. The van der Waals surface area contributed by atoms with Gasteiger partial charge in [0, 0.05) is 32.0 Å². The SMILES string of the molecule is COCCCNC(=O)c1cnc(-c2cccc(F)c2)nc1N. The molecule has 7 heteroatoms. The van der Waals surface area contributed by atoms with Gasteiger partial charge >= 0.3 is 0 Å². The Kier molecular flexibility index (Phi) is 5.37. The summed E-state index contributed by atoms with van der Waals surface area (Å²) in [6.45, 7) is 1.03. The molecule has 116 valence electrons. The number of aromatic nitrogens is 2. The smallest absolute Gasteiger partial charge is 0.256 e. The lowest BCUT2D eigenvalue weighted by Crippen LogP contribution is -2.26. The van der Waals surface area contributed by atoms with Crippen molar-refractivity contribution in [2.24, 2.45) is 0 Å². The first-order chi connectivity index (χ1) is 10.6. The van der Waals surface area contributed by atoms with Gasteiger partial charge in [-0.15, -0.1) is 0 Å². The minimum absolute atomic E-state index is 0.0542. The summed E-state index contributed by atoms with van der Waals surface area (Å²) in [4.78, 5) is 20.1. The van der Waals surface area contributed by atoms with Crippen molar-refractivity contribution in [3.63, 3.8) is 0 Å². The van der Waals surface area contributed by atoms with Crippen molar-refractivity contribution in [1.82, 2.24) is 15.3 Å². The zero-order chi connectivity index (χ0) is 15.9. The zero-order valence-electron chi connectivity index (χ0n) is 12.2. The lowest BCUT2D eigenvalue weighted by atomic mass is 10.2. The number of nitrogens with two attached hydrogens (primary N) is 1. The molecule has 6 nitrogen and oxygen atoms in total. The second kappa shape index (κ2) is 7.46. The molecule has 0 atom stereocenters. The minimum atomic E-state index is -0.389. The molecule has 2 rings (SSSR count). The molecule has 22 heavy (non-hydrogen) atoms. The number of hydrogen-bond donors (Lipinski definition) is 2. The van der Waals surface area contributed by atoms with Crippen LogP contribution >= 0.6 is 0 Å².